The van der Waals surface area contributed by atoms with E-state index in [4.69, 9.17) is 5.73 Å². The van der Waals surface area contributed by atoms with Crippen LogP contribution in [0, 0.1) is 5.41 Å². The molecule has 0 saturated carbocycles. The highest BCUT2D eigenvalue weighted by Crippen LogP contribution is 2.29. The summed E-state index contributed by atoms with van der Waals surface area (Å²) >= 11 is 5.03. The number of nitrogens with two attached hydrogens (primary N) is 1. The van der Waals surface area contributed by atoms with Crippen molar-refractivity contribution in [2.24, 2.45) is 11.1 Å². The van der Waals surface area contributed by atoms with E-state index in [1.165, 1.54) is 0 Å². The van der Waals surface area contributed by atoms with E-state index in [1.54, 1.807) is 16.2 Å². The zero-order valence-electron chi connectivity index (χ0n) is 11.8. The third-order valence-corrected chi connectivity index (χ3v) is 4.79. The number of nitrogens with zero attached hydrogens (tertiary/aromatic N) is 1. The molecular formula is C13H22BrClN2OS. The van der Waals surface area contributed by atoms with Gasteiger partial charge >= 0.3 is 0 Å². The van der Waals surface area contributed by atoms with E-state index in [-0.39, 0.29) is 29.6 Å². The molecule has 19 heavy (non-hydrogen) atoms. The summed E-state index contributed by atoms with van der Waals surface area (Å²) in [6, 6.07) is 3.98. The summed E-state index contributed by atoms with van der Waals surface area (Å²) in [4.78, 5) is 15.2. The lowest BCUT2D eigenvalue weighted by atomic mass is 9.93. The molecule has 1 aromatic rings. The standard InChI is InChI=1S/C13H21BrN2OS.ClH/c1-9(10-5-6-11(14)18-10)12(17)16(4)8-13(2,3)7-15;/h5-6,9H,7-8,15H2,1-4H3;1H. The van der Waals surface area contributed by atoms with Crippen LogP contribution in [-0.4, -0.2) is 30.9 Å². The van der Waals surface area contributed by atoms with E-state index in [2.05, 4.69) is 29.8 Å². The van der Waals surface area contributed by atoms with Crippen LogP contribution in [0.15, 0.2) is 15.9 Å². The van der Waals surface area contributed by atoms with Crippen molar-refractivity contribution >= 4 is 45.6 Å². The summed E-state index contributed by atoms with van der Waals surface area (Å²) in [5.74, 6) is 0.0470. The molecule has 6 heteroatoms. The summed E-state index contributed by atoms with van der Waals surface area (Å²) in [5, 5.41) is 0. The molecule has 0 aromatic carbocycles. The number of thiophene rings is 1. The maximum Gasteiger partial charge on any atom is 0.230 e. The molecule has 2 N–H and O–H groups in total. The van der Waals surface area contributed by atoms with E-state index in [0.29, 0.717) is 13.1 Å². The Hall–Kier alpha value is -0.100. The molecule has 110 valence electrons. The second-order valence-electron chi connectivity index (χ2n) is 5.43. The highest BCUT2D eigenvalue weighted by molar-refractivity contribution is 9.11. The molecule has 3 nitrogen and oxygen atoms in total. The summed E-state index contributed by atoms with van der Waals surface area (Å²) in [6.07, 6.45) is 0. The Kier molecular flexibility index (Phi) is 7.58. The van der Waals surface area contributed by atoms with Gasteiger partial charge in [0, 0.05) is 18.5 Å². The van der Waals surface area contributed by atoms with Gasteiger partial charge in [0.15, 0.2) is 0 Å². The van der Waals surface area contributed by atoms with Crippen LogP contribution >= 0.6 is 39.7 Å². The minimum Gasteiger partial charge on any atom is -0.345 e. The summed E-state index contributed by atoms with van der Waals surface area (Å²) in [5.41, 5.74) is 5.66. The van der Waals surface area contributed by atoms with Crippen LogP contribution < -0.4 is 5.73 Å². The predicted octanol–water partition coefficient (Wildman–Crippen LogP) is 3.48. The number of hydrogen-bond donors (Lipinski definition) is 1. The molecule has 1 aromatic heterocycles. The molecule has 0 aliphatic carbocycles. The Bertz CT molecular complexity index is 423. The molecule has 1 atom stereocenters. The number of carbonyl (C=O) groups excluding carboxylic acids is 1. The zero-order valence-corrected chi connectivity index (χ0v) is 15.0. The first kappa shape index (κ1) is 18.9. The van der Waals surface area contributed by atoms with E-state index >= 15 is 0 Å². The Morgan fingerprint density at radius 2 is 2.11 bits per heavy atom. The van der Waals surface area contributed by atoms with Gasteiger partial charge in [0.2, 0.25) is 5.91 Å². The second-order valence-corrected chi connectivity index (χ2v) is 7.92. The van der Waals surface area contributed by atoms with E-state index < -0.39 is 0 Å². The number of amides is 1. The van der Waals surface area contributed by atoms with Gasteiger partial charge in [-0.05, 0) is 46.9 Å². The van der Waals surface area contributed by atoms with Crippen molar-refractivity contribution in [2.75, 3.05) is 20.1 Å². The van der Waals surface area contributed by atoms with Crippen molar-refractivity contribution in [1.82, 2.24) is 4.90 Å². The van der Waals surface area contributed by atoms with Gasteiger partial charge in [0.05, 0.1) is 9.70 Å². The minimum atomic E-state index is -0.0973. The largest absolute Gasteiger partial charge is 0.345 e. The van der Waals surface area contributed by atoms with Crippen LogP contribution in [0.2, 0.25) is 0 Å². The lowest BCUT2D eigenvalue weighted by molar-refractivity contribution is -0.132. The van der Waals surface area contributed by atoms with Gasteiger partial charge in [-0.15, -0.1) is 23.7 Å². The van der Waals surface area contributed by atoms with Crippen LogP contribution in [0.4, 0.5) is 0 Å². The summed E-state index contributed by atoms with van der Waals surface area (Å²) in [6.45, 7) is 7.35. The Balaban J connectivity index is 0.00000324. The molecular weight excluding hydrogens is 348 g/mol. The monoisotopic (exact) mass is 368 g/mol. The number of likely N-dealkylation sites (N-methyl/N-ethyl adjacent to an activating group) is 1. The van der Waals surface area contributed by atoms with Crippen molar-refractivity contribution in [3.05, 3.63) is 20.8 Å². The van der Waals surface area contributed by atoms with Gasteiger partial charge in [0.1, 0.15) is 0 Å². The van der Waals surface area contributed by atoms with E-state index in [0.717, 1.165) is 8.66 Å². The summed E-state index contributed by atoms with van der Waals surface area (Å²) < 4.78 is 1.06. The van der Waals surface area contributed by atoms with Crippen molar-refractivity contribution in [3.63, 3.8) is 0 Å². The van der Waals surface area contributed by atoms with Gasteiger partial charge in [-0.25, -0.2) is 0 Å². The molecule has 0 fully saturated rings. The summed E-state index contributed by atoms with van der Waals surface area (Å²) in [7, 11) is 1.85. The molecule has 1 unspecified atom stereocenters. The van der Waals surface area contributed by atoms with Crippen LogP contribution in [0.5, 0.6) is 0 Å². The predicted molar refractivity (Wildman–Crippen MR) is 88.2 cm³/mol. The average Bonchev–Trinajstić information content (AvgIpc) is 2.73. The quantitative estimate of drug-likeness (QED) is 0.863. The lowest BCUT2D eigenvalue weighted by Crippen LogP contribution is -2.41. The molecule has 0 spiro atoms. The topological polar surface area (TPSA) is 46.3 Å². The first-order valence-electron chi connectivity index (χ1n) is 5.97. The molecule has 0 bridgehead atoms. The maximum absolute atomic E-state index is 12.3. The molecule has 0 aliphatic rings. The molecule has 1 heterocycles. The molecule has 0 radical (unpaired) electrons. The first-order chi connectivity index (χ1) is 8.26. The van der Waals surface area contributed by atoms with Crippen LogP contribution in [-0.2, 0) is 4.79 Å². The highest BCUT2D eigenvalue weighted by Gasteiger charge is 2.25. The number of carbonyl (C=O) groups is 1. The minimum absolute atomic E-state index is 0. The molecule has 1 amide bonds. The highest BCUT2D eigenvalue weighted by atomic mass is 79.9. The average molecular weight is 370 g/mol. The van der Waals surface area contributed by atoms with E-state index in [1.807, 2.05) is 26.1 Å². The van der Waals surface area contributed by atoms with Crippen LogP contribution in [0.1, 0.15) is 31.6 Å². The first-order valence-corrected chi connectivity index (χ1v) is 7.58. The Morgan fingerprint density at radius 3 is 2.53 bits per heavy atom. The van der Waals surface area contributed by atoms with Crippen LogP contribution in [0.25, 0.3) is 0 Å². The number of hydrogen-bond acceptors (Lipinski definition) is 3. The van der Waals surface area contributed by atoms with Gasteiger partial charge in [-0.2, -0.15) is 0 Å². The van der Waals surface area contributed by atoms with Crippen molar-refractivity contribution in [1.29, 1.82) is 0 Å². The van der Waals surface area contributed by atoms with Crippen molar-refractivity contribution in [3.8, 4) is 0 Å². The van der Waals surface area contributed by atoms with Crippen LogP contribution in [0.3, 0.4) is 0 Å². The maximum atomic E-state index is 12.3. The van der Waals surface area contributed by atoms with Gasteiger partial charge in [0.25, 0.3) is 0 Å². The number of halogens is 2. The van der Waals surface area contributed by atoms with Gasteiger partial charge in [-0.3, -0.25) is 4.79 Å². The normalized spacial score (nSPS) is 12.7. The Morgan fingerprint density at radius 1 is 1.53 bits per heavy atom. The van der Waals surface area contributed by atoms with E-state index in [9.17, 15) is 4.79 Å². The van der Waals surface area contributed by atoms with Crippen molar-refractivity contribution < 1.29 is 4.79 Å². The third kappa shape index (κ3) is 5.42. The second kappa shape index (κ2) is 7.62. The third-order valence-electron chi connectivity index (χ3n) is 2.99. The van der Waals surface area contributed by atoms with Gasteiger partial charge in [-0.1, -0.05) is 13.8 Å². The molecule has 0 aliphatic heterocycles. The Labute approximate surface area is 134 Å². The fourth-order valence-electron chi connectivity index (χ4n) is 1.80. The molecule has 1 rings (SSSR count). The smallest absolute Gasteiger partial charge is 0.230 e. The number of rotatable bonds is 5. The lowest BCUT2D eigenvalue weighted by Gasteiger charge is -2.30. The SMILES string of the molecule is CC(C(=O)N(C)CC(C)(C)CN)c1ccc(Br)s1.Cl. The molecule has 0 saturated heterocycles. The zero-order chi connectivity index (χ0) is 13.9. The fourth-order valence-corrected chi connectivity index (χ4v) is 3.27. The van der Waals surface area contributed by atoms with Gasteiger partial charge < -0.3 is 10.6 Å². The fraction of sp³-hybridized carbons (Fsp3) is 0.615. The van der Waals surface area contributed by atoms with Crippen molar-refractivity contribution in [2.45, 2.75) is 26.7 Å².